The first kappa shape index (κ1) is 13.5. The van der Waals surface area contributed by atoms with Gasteiger partial charge in [-0.05, 0) is 42.9 Å². The first-order valence-corrected chi connectivity index (χ1v) is 7.70. The molecule has 104 valence electrons. The van der Waals surface area contributed by atoms with Gasteiger partial charge in [-0.15, -0.1) is 11.6 Å². The Labute approximate surface area is 124 Å². The van der Waals surface area contributed by atoms with Crippen LogP contribution >= 0.6 is 11.6 Å². The summed E-state index contributed by atoms with van der Waals surface area (Å²) in [5, 5.41) is 9.08. The topological polar surface area (TPSA) is 41.6 Å². The number of nitriles is 1. The lowest BCUT2D eigenvalue weighted by atomic mass is 9.67. The van der Waals surface area contributed by atoms with E-state index < -0.39 is 0 Å². The number of rotatable bonds is 4. The maximum absolute atomic E-state index is 9.08. The van der Waals surface area contributed by atoms with E-state index in [0.717, 1.165) is 23.4 Å². The lowest BCUT2D eigenvalue weighted by Gasteiger charge is -2.42. The largest absolute Gasteiger partial charge is 0.326 e. The highest BCUT2D eigenvalue weighted by Crippen LogP contribution is 2.45. The van der Waals surface area contributed by atoms with E-state index in [0.29, 0.717) is 16.9 Å². The molecule has 0 spiro atoms. The van der Waals surface area contributed by atoms with Crippen LogP contribution in [0.25, 0.3) is 11.0 Å². The third-order valence-electron chi connectivity index (χ3n) is 4.73. The van der Waals surface area contributed by atoms with E-state index in [2.05, 4.69) is 22.5 Å². The first-order chi connectivity index (χ1) is 9.71. The molecular weight excluding hydrogens is 270 g/mol. The number of nitrogens with zero attached hydrogens (tertiary/aromatic N) is 3. The van der Waals surface area contributed by atoms with Gasteiger partial charge >= 0.3 is 0 Å². The first-order valence-electron chi connectivity index (χ1n) is 7.16. The summed E-state index contributed by atoms with van der Waals surface area (Å²) < 4.78 is 2.23. The molecule has 3 rings (SSSR count). The molecule has 0 bridgehead atoms. The lowest BCUT2D eigenvalue weighted by molar-refractivity contribution is 0.101. The zero-order valence-corrected chi connectivity index (χ0v) is 12.5. The summed E-state index contributed by atoms with van der Waals surface area (Å²) in [7, 11) is 0. The maximum Gasteiger partial charge on any atom is 0.124 e. The Bertz CT molecular complexity index is 671. The maximum atomic E-state index is 9.08. The number of fused-ring (bicyclic) bond motifs is 1. The van der Waals surface area contributed by atoms with Crippen molar-refractivity contribution in [3.8, 4) is 6.07 Å². The standard InChI is InChI=1S/C16H18ClN3/c1-2-16(6-3-7-16)11-20-14-8-12(10-18)4-5-13(14)19-15(20)9-17/h4-5,8H,2-3,6-7,9,11H2,1H3. The average Bonchev–Trinajstić information content (AvgIpc) is 2.79. The molecule has 0 radical (unpaired) electrons. The Morgan fingerprint density at radius 2 is 2.25 bits per heavy atom. The highest BCUT2D eigenvalue weighted by Gasteiger charge is 2.36. The van der Waals surface area contributed by atoms with Crippen LogP contribution in [0.2, 0.25) is 0 Å². The van der Waals surface area contributed by atoms with Crippen molar-refractivity contribution < 1.29 is 0 Å². The summed E-state index contributed by atoms with van der Waals surface area (Å²) >= 11 is 6.06. The molecule has 0 aliphatic heterocycles. The zero-order chi connectivity index (χ0) is 14.2. The Morgan fingerprint density at radius 1 is 1.45 bits per heavy atom. The number of alkyl halides is 1. The van der Waals surface area contributed by atoms with Gasteiger partial charge in [0.25, 0.3) is 0 Å². The van der Waals surface area contributed by atoms with Crippen LogP contribution in [0, 0.1) is 16.7 Å². The molecular formula is C16H18ClN3. The van der Waals surface area contributed by atoms with Crippen LogP contribution in [0.3, 0.4) is 0 Å². The molecule has 0 amide bonds. The predicted molar refractivity (Wildman–Crippen MR) is 80.6 cm³/mol. The minimum atomic E-state index is 0.400. The van der Waals surface area contributed by atoms with Gasteiger partial charge in [0.05, 0.1) is 28.5 Å². The van der Waals surface area contributed by atoms with Gasteiger partial charge in [-0.25, -0.2) is 4.98 Å². The molecule has 4 heteroatoms. The highest BCUT2D eigenvalue weighted by molar-refractivity contribution is 6.16. The van der Waals surface area contributed by atoms with Crippen molar-refractivity contribution in [2.45, 2.75) is 45.0 Å². The minimum absolute atomic E-state index is 0.400. The van der Waals surface area contributed by atoms with Crippen LogP contribution in [0.4, 0.5) is 0 Å². The number of aromatic nitrogens is 2. The van der Waals surface area contributed by atoms with Crippen LogP contribution in [-0.2, 0) is 12.4 Å². The third-order valence-corrected chi connectivity index (χ3v) is 4.97. The summed E-state index contributed by atoms with van der Waals surface area (Å²) in [6.45, 7) is 3.23. The average molecular weight is 288 g/mol. The number of imidazole rings is 1. The van der Waals surface area contributed by atoms with Gasteiger partial charge in [-0.1, -0.05) is 13.3 Å². The molecule has 2 aromatic rings. The second kappa shape index (κ2) is 5.10. The van der Waals surface area contributed by atoms with Gasteiger partial charge in [0.2, 0.25) is 0 Å². The van der Waals surface area contributed by atoms with E-state index in [1.54, 1.807) is 0 Å². The zero-order valence-electron chi connectivity index (χ0n) is 11.7. The van der Waals surface area contributed by atoms with Crippen LogP contribution < -0.4 is 0 Å². The summed E-state index contributed by atoms with van der Waals surface area (Å²) in [5.41, 5.74) is 3.06. The van der Waals surface area contributed by atoms with E-state index in [4.69, 9.17) is 16.9 Å². The van der Waals surface area contributed by atoms with Crippen LogP contribution in [0.15, 0.2) is 18.2 Å². The molecule has 1 saturated carbocycles. The minimum Gasteiger partial charge on any atom is -0.326 e. The molecule has 1 heterocycles. The van der Waals surface area contributed by atoms with Crippen molar-refractivity contribution >= 4 is 22.6 Å². The fourth-order valence-corrected chi connectivity index (χ4v) is 3.36. The Morgan fingerprint density at radius 3 is 2.80 bits per heavy atom. The van der Waals surface area contributed by atoms with Crippen molar-refractivity contribution in [2.24, 2.45) is 5.41 Å². The quantitative estimate of drug-likeness (QED) is 0.790. The molecule has 0 atom stereocenters. The third kappa shape index (κ3) is 2.09. The molecule has 1 aromatic heterocycles. The molecule has 1 aliphatic carbocycles. The van der Waals surface area contributed by atoms with Crippen LogP contribution in [-0.4, -0.2) is 9.55 Å². The molecule has 0 saturated heterocycles. The van der Waals surface area contributed by atoms with Crippen LogP contribution in [0.5, 0.6) is 0 Å². The van der Waals surface area contributed by atoms with Crippen molar-refractivity contribution in [3.63, 3.8) is 0 Å². The van der Waals surface area contributed by atoms with Gasteiger partial charge in [-0.2, -0.15) is 5.26 Å². The van der Waals surface area contributed by atoms with Crippen molar-refractivity contribution in [1.29, 1.82) is 5.26 Å². The smallest absolute Gasteiger partial charge is 0.124 e. The number of benzene rings is 1. The summed E-state index contributed by atoms with van der Waals surface area (Å²) in [5.74, 6) is 1.33. The van der Waals surface area contributed by atoms with Gasteiger partial charge < -0.3 is 4.57 Å². The molecule has 0 N–H and O–H groups in total. The highest BCUT2D eigenvalue weighted by atomic mass is 35.5. The van der Waals surface area contributed by atoms with E-state index in [1.807, 2.05) is 18.2 Å². The normalized spacial score (nSPS) is 16.9. The van der Waals surface area contributed by atoms with Gasteiger partial charge in [-0.3, -0.25) is 0 Å². The van der Waals surface area contributed by atoms with Gasteiger partial charge in [0.15, 0.2) is 0 Å². The number of halogens is 1. The Balaban J connectivity index is 2.09. The molecule has 3 nitrogen and oxygen atoms in total. The lowest BCUT2D eigenvalue weighted by Crippen LogP contribution is -2.33. The second-order valence-electron chi connectivity index (χ2n) is 5.77. The van der Waals surface area contributed by atoms with Gasteiger partial charge in [0.1, 0.15) is 5.82 Å². The second-order valence-corrected chi connectivity index (χ2v) is 6.04. The van der Waals surface area contributed by atoms with E-state index in [9.17, 15) is 0 Å². The fourth-order valence-electron chi connectivity index (χ4n) is 3.16. The summed E-state index contributed by atoms with van der Waals surface area (Å²) in [6, 6.07) is 7.87. The van der Waals surface area contributed by atoms with Crippen LogP contribution in [0.1, 0.15) is 44.0 Å². The van der Waals surface area contributed by atoms with Gasteiger partial charge in [0, 0.05) is 6.54 Å². The van der Waals surface area contributed by atoms with E-state index in [-0.39, 0.29) is 0 Å². The Kier molecular flexibility index (Phi) is 3.43. The van der Waals surface area contributed by atoms with Crippen molar-refractivity contribution in [1.82, 2.24) is 9.55 Å². The number of hydrogen-bond donors (Lipinski definition) is 0. The monoisotopic (exact) mass is 287 g/mol. The summed E-state index contributed by atoms with van der Waals surface area (Å²) in [6.07, 6.45) is 5.07. The molecule has 1 aliphatic rings. The Hall–Kier alpha value is -1.53. The molecule has 1 aromatic carbocycles. The SMILES string of the molecule is CCC1(Cn2c(CCl)nc3ccc(C#N)cc32)CCC1. The molecule has 0 unspecified atom stereocenters. The fraction of sp³-hybridized carbons (Fsp3) is 0.500. The van der Waals surface area contributed by atoms with E-state index in [1.165, 1.54) is 25.7 Å². The molecule has 1 fully saturated rings. The number of hydrogen-bond acceptors (Lipinski definition) is 2. The molecule has 20 heavy (non-hydrogen) atoms. The van der Waals surface area contributed by atoms with Crippen molar-refractivity contribution in [2.75, 3.05) is 0 Å². The summed E-state index contributed by atoms with van der Waals surface area (Å²) in [4.78, 5) is 4.61. The van der Waals surface area contributed by atoms with E-state index >= 15 is 0 Å². The van der Waals surface area contributed by atoms with Crippen molar-refractivity contribution in [3.05, 3.63) is 29.6 Å². The predicted octanol–water partition coefficient (Wildman–Crippen LogP) is 4.23.